The van der Waals surface area contributed by atoms with Crippen LogP contribution in [0.25, 0.3) is 11.2 Å². The Morgan fingerprint density at radius 3 is 3.04 bits per heavy atom. The topological polar surface area (TPSA) is 145 Å². The van der Waals surface area contributed by atoms with Crippen molar-refractivity contribution in [3.63, 3.8) is 0 Å². The predicted molar refractivity (Wildman–Crippen MR) is 78.2 cm³/mol. The van der Waals surface area contributed by atoms with E-state index in [4.69, 9.17) is 15.2 Å². The molecule has 0 radical (unpaired) electrons. The highest BCUT2D eigenvalue weighted by Crippen LogP contribution is 2.30. The smallest absolute Gasteiger partial charge is 0.309 e. The number of aromatic nitrogens is 4. The molecule has 124 valence electrons. The molecular formula is C13H17N5O5. The molecule has 1 aliphatic rings. The van der Waals surface area contributed by atoms with Gasteiger partial charge in [-0.15, -0.1) is 0 Å². The molecule has 1 aliphatic carbocycles. The van der Waals surface area contributed by atoms with E-state index in [1.807, 2.05) is 0 Å². The standard InChI is InChI=1S/C13H17N5O5/c14-13-16-10-9(11(20)17-13)15-5-18(10)6-23-8(3-19)4-22-12(21)7-1-2-7/h5,7-8,19H,1-4,6H2,(H3,14,16,17,20). The van der Waals surface area contributed by atoms with E-state index in [1.165, 1.54) is 10.9 Å². The molecule has 0 spiro atoms. The zero-order valence-corrected chi connectivity index (χ0v) is 12.3. The molecule has 3 rings (SSSR count). The number of aliphatic hydroxyl groups is 1. The number of fused-ring (bicyclic) bond motifs is 1. The van der Waals surface area contributed by atoms with Gasteiger partial charge < -0.3 is 20.3 Å². The summed E-state index contributed by atoms with van der Waals surface area (Å²) in [4.78, 5) is 33.4. The molecule has 1 unspecified atom stereocenters. The van der Waals surface area contributed by atoms with Crippen molar-refractivity contribution in [2.24, 2.45) is 5.92 Å². The van der Waals surface area contributed by atoms with Gasteiger partial charge in [0.1, 0.15) is 19.4 Å². The van der Waals surface area contributed by atoms with Crippen molar-refractivity contribution in [3.8, 4) is 0 Å². The Balaban J connectivity index is 1.62. The molecule has 1 saturated carbocycles. The summed E-state index contributed by atoms with van der Waals surface area (Å²) in [5.41, 5.74) is 5.48. The third-order valence-electron chi connectivity index (χ3n) is 3.47. The van der Waals surface area contributed by atoms with Crippen LogP contribution >= 0.6 is 0 Å². The monoisotopic (exact) mass is 323 g/mol. The Morgan fingerprint density at radius 2 is 2.35 bits per heavy atom. The average Bonchev–Trinajstić information content (AvgIpc) is 3.29. The Morgan fingerprint density at radius 1 is 1.57 bits per heavy atom. The van der Waals surface area contributed by atoms with Crippen molar-refractivity contribution >= 4 is 23.1 Å². The van der Waals surface area contributed by atoms with Crippen molar-refractivity contribution < 1.29 is 19.4 Å². The first-order valence-electron chi connectivity index (χ1n) is 7.18. The summed E-state index contributed by atoms with van der Waals surface area (Å²) in [5.74, 6) is -0.298. The van der Waals surface area contributed by atoms with E-state index in [0.29, 0.717) is 0 Å². The molecule has 0 bridgehead atoms. The molecule has 10 nitrogen and oxygen atoms in total. The normalized spacial score (nSPS) is 15.7. The second-order valence-corrected chi connectivity index (χ2v) is 5.34. The van der Waals surface area contributed by atoms with Crippen molar-refractivity contribution in [3.05, 3.63) is 16.7 Å². The van der Waals surface area contributed by atoms with Gasteiger partial charge in [0.25, 0.3) is 5.56 Å². The number of nitrogens with zero attached hydrogens (tertiary/aromatic N) is 3. The highest BCUT2D eigenvalue weighted by atomic mass is 16.6. The predicted octanol–water partition coefficient (Wildman–Crippen LogP) is -1.01. The molecule has 0 saturated heterocycles. The Labute approximate surface area is 130 Å². The number of carbonyl (C=O) groups excluding carboxylic acids is 1. The van der Waals surface area contributed by atoms with Gasteiger partial charge in [0.15, 0.2) is 11.2 Å². The molecule has 0 aliphatic heterocycles. The van der Waals surface area contributed by atoms with Crippen LogP contribution in [-0.4, -0.2) is 49.9 Å². The third-order valence-corrected chi connectivity index (χ3v) is 3.47. The lowest BCUT2D eigenvalue weighted by Crippen LogP contribution is -2.27. The molecule has 4 N–H and O–H groups in total. The minimum absolute atomic E-state index is 0.00849. The van der Waals surface area contributed by atoms with E-state index in [-0.39, 0.29) is 48.9 Å². The van der Waals surface area contributed by atoms with Gasteiger partial charge in [0, 0.05) is 0 Å². The first-order valence-corrected chi connectivity index (χ1v) is 7.18. The maximum atomic E-state index is 11.7. The average molecular weight is 323 g/mol. The van der Waals surface area contributed by atoms with Gasteiger partial charge in [-0.1, -0.05) is 0 Å². The van der Waals surface area contributed by atoms with Gasteiger partial charge in [-0.25, -0.2) is 4.98 Å². The number of hydrogen-bond acceptors (Lipinski definition) is 8. The molecule has 1 atom stereocenters. The van der Waals surface area contributed by atoms with E-state index in [0.717, 1.165) is 12.8 Å². The Bertz CT molecular complexity index is 766. The SMILES string of the molecule is Nc1nc2c(ncn2COC(CO)COC(=O)C2CC2)c(=O)[nH]1. The molecule has 0 amide bonds. The number of rotatable bonds is 7. The lowest BCUT2D eigenvalue weighted by Gasteiger charge is -2.16. The number of anilines is 1. The lowest BCUT2D eigenvalue weighted by molar-refractivity contribution is -0.152. The number of esters is 1. The molecule has 2 aromatic heterocycles. The van der Waals surface area contributed by atoms with Crippen LogP contribution < -0.4 is 11.3 Å². The number of nitrogens with two attached hydrogens (primary N) is 1. The molecule has 2 aromatic rings. The number of ether oxygens (including phenoxy) is 2. The lowest BCUT2D eigenvalue weighted by atomic mass is 10.4. The molecular weight excluding hydrogens is 306 g/mol. The summed E-state index contributed by atoms with van der Waals surface area (Å²) in [6.45, 7) is -0.353. The molecule has 2 heterocycles. The molecule has 23 heavy (non-hydrogen) atoms. The van der Waals surface area contributed by atoms with Gasteiger partial charge in [0.2, 0.25) is 5.95 Å². The third kappa shape index (κ3) is 3.48. The van der Waals surface area contributed by atoms with Gasteiger partial charge in [0.05, 0.1) is 18.9 Å². The van der Waals surface area contributed by atoms with Crippen molar-refractivity contribution in [1.29, 1.82) is 0 Å². The van der Waals surface area contributed by atoms with Crippen molar-refractivity contribution in [1.82, 2.24) is 19.5 Å². The van der Waals surface area contributed by atoms with Crippen LogP contribution in [0.15, 0.2) is 11.1 Å². The maximum Gasteiger partial charge on any atom is 0.309 e. The fraction of sp³-hybridized carbons (Fsp3) is 0.538. The maximum absolute atomic E-state index is 11.7. The van der Waals surface area contributed by atoms with Crippen LogP contribution in [0.4, 0.5) is 5.95 Å². The second-order valence-electron chi connectivity index (χ2n) is 5.34. The van der Waals surface area contributed by atoms with E-state index in [1.54, 1.807) is 0 Å². The molecule has 0 aromatic carbocycles. The first kappa shape index (κ1) is 15.4. The zero-order chi connectivity index (χ0) is 16.4. The van der Waals surface area contributed by atoms with Crippen molar-refractivity contribution in [2.75, 3.05) is 18.9 Å². The Kier molecular flexibility index (Phi) is 4.26. The summed E-state index contributed by atoms with van der Waals surface area (Å²) < 4.78 is 12.0. The minimum atomic E-state index is -0.672. The number of aliphatic hydroxyl groups excluding tert-OH is 1. The van der Waals surface area contributed by atoms with Gasteiger partial charge in [-0.05, 0) is 12.8 Å². The van der Waals surface area contributed by atoms with Crippen LogP contribution in [0, 0.1) is 5.92 Å². The number of aromatic amines is 1. The van der Waals surface area contributed by atoms with Gasteiger partial charge in [-0.3, -0.25) is 19.1 Å². The van der Waals surface area contributed by atoms with Crippen LogP contribution in [0.1, 0.15) is 12.8 Å². The zero-order valence-electron chi connectivity index (χ0n) is 12.3. The number of nitrogens with one attached hydrogen (secondary N) is 1. The van der Waals surface area contributed by atoms with E-state index < -0.39 is 11.7 Å². The fourth-order valence-corrected chi connectivity index (χ4v) is 2.02. The molecule has 1 fully saturated rings. The summed E-state index contributed by atoms with van der Waals surface area (Å²) in [5, 5.41) is 9.29. The highest BCUT2D eigenvalue weighted by molar-refractivity contribution is 5.74. The quantitative estimate of drug-likeness (QED) is 0.549. The summed E-state index contributed by atoms with van der Waals surface area (Å²) >= 11 is 0. The van der Waals surface area contributed by atoms with E-state index in [2.05, 4.69) is 15.0 Å². The number of nitrogen functional groups attached to an aromatic ring is 1. The number of hydrogen-bond donors (Lipinski definition) is 3. The highest BCUT2D eigenvalue weighted by Gasteiger charge is 2.31. The van der Waals surface area contributed by atoms with Gasteiger partial charge in [-0.2, -0.15) is 4.98 Å². The number of H-pyrrole nitrogens is 1. The van der Waals surface area contributed by atoms with Crippen LogP contribution in [0.2, 0.25) is 0 Å². The second kappa shape index (κ2) is 6.34. The Hall–Kier alpha value is -2.46. The van der Waals surface area contributed by atoms with Crippen LogP contribution in [0.3, 0.4) is 0 Å². The van der Waals surface area contributed by atoms with Crippen molar-refractivity contribution in [2.45, 2.75) is 25.7 Å². The molecule has 10 heteroatoms. The summed E-state index contributed by atoms with van der Waals surface area (Å²) in [6.07, 6.45) is 2.42. The fourth-order valence-electron chi connectivity index (χ4n) is 2.02. The minimum Gasteiger partial charge on any atom is -0.463 e. The number of carbonyl (C=O) groups is 1. The summed E-state index contributed by atoms with van der Waals surface area (Å²) in [7, 11) is 0. The van der Waals surface area contributed by atoms with Crippen LogP contribution in [-0.2, 0) is 21.0 Å². The summed E-state index contributed by atoms with van der Waals surface area (Å²) in [6, 6.07) is 0. The largest absolute Gasteiger partial charge is 0.463 e. The number of imidazole rings is 1. The van der Waals surface area contributed by atoms with E-state index >= 15 is 0 Å². The van der Waals surface area contributed by atoms with Crippen LogP contribution in [0.5, 0.6) is 0 Å². The van der Waals surface area contributed by atoms with Gasteiger partial charge >= 0.3 is 5.97 Å². The van der Waals surface area contributed by atoms with E-state index in [9.17, 15) is 14.7 Å². The first-order chi connectivity index (χ1) is 11.1.